The van der Waals surface area contributed by atoms with Gasteiger partial charge in [-0.25, -0.2) is 4.79 Å². The monoisotopic (exact) mass is 306 g/mol. The third kappa shape index (κ3) is 5.95. The van der Waals surface area contributed by atoms with Gasteiger partial charge in [-0.2, -0.15) is 0 Å². The van der Waals surface area contributed by atoms with Crippen LogP contribution in [0, 0.1) is 0 Å². The highest BCUT2D eigenvalue weighted by atomic mass is 16.5. The smallest absolute Gasteiger partial charge is 0.340 e. The van der Waals surface area contributed by atoms with Crippen LogP contribution in [0.2, 0.25) is 0 Å². The first kappa shape index (κ1) is 17.7. The number of rotatable bonds is 8. The molecule has 0 unspecified atom stereocenters. The number of para-hydroxylation sites is 1. The molecule has 0 bridgehead atoms. The SMILES string of the molecule is CCCCC(=O)NCC(=O)Nc1ccccc1C(=O)OCC. The van der Waals surface area contributed by atoms with E-state index in [1.807, 2.05) is 6.92 Å². The fraction of sp³-hybridized carbons (Fsp3) is 0.438. The Morgan fingerprint density at radius 2 is 1.82 bits per heavy atom. The summed E-state index contributed by atoms with van der Waals surface area (Å²) >= 11 is 0. The van der Waals surface area contributed by atoms with Gasteiger partial charge in [-0.1, -0.05) is 25.5 Å². The fourth-order valence-electron chi connectivity index (χ4n) is 1.78. The van der Waals surface area contributed by atoms with Gasteiger partial charge >= 0.3 is 5.97 Å². The number of carbonyl (C=O) groups excluding carboxylic acids is 3. The van der Waals surface area contributed by atoms with Crippen LogP contribution >= 0.6 is 0 Å². The van der Waals surface area contributed by atoms with E-state index in [2.05, 4.69) is 10.6 Å². The number of benzene rings is 1. The number of esters is 1. The second kappa shape index (κ2) is 9.55. The van der Waals surface area contributed by atoms with Crippen molar-refractivity contribution in [1.82, 2.24) is 5.32 Å². The van der Waals surface area contributed by atoms with Crippen molar-refractivity contribution in [2.45, 2.75) is 33.1 Å². The van der Waals surface area contributed by atoms with Crippen LogP contribution in [0.3, 0.4) is 0 Å². The number of ether oxygens (including phenoxy) is 1. The van der Waals surface area contributed by atoms with Gasteiger partial charge in [0.2, 0.25) is 11.8 Å². The molecule has 6 heteroatoms. The van der Waals surface area contributed by atoms with E-state index in [1.165, 1.54) is 0 Å². The number of amides is 2. The van der Waals surface area contributed by atoms with Gasteiger partial charge in [-0.15, -0.1) is 0 Å². The Balaban J connectivity index is 2.57. The lowest BCUT2D eigenvalue weighted by Crippen LogP contribution is -2.33. The van der Waals surface area contributed by atoms with Crippen molar-refractivity contribution >= 4 is 23.5 Å². The van der Waals surface area contributed by atoms with E-state index in [0.717, 1.165) is 12.8 Å². The minimum atomic E-state index is -0.495. The van der Waals surface area contributed by atoms with Crippen LogP contribution < -0.4 is 10.6 Å². The summed E-state index contributed by atoms with van der Waals surface area (Å²) in [5, 5.41) is 5.15. The van der Waals surface area contributed by atoms with Crippen LogP contribution in [0.15, 0.2) is 24.3 Å². The molecule has 0 spiro atoms. The summed E-state index contributed by atoms with van der Waals surface area (Å²) in [7, 11) is 0. The molecule has 0 fully saturated rings. The lowest BCUT2D eigenvalue weighted by molar-refractivity contribution is -0.124. The molecule has 0 saturated carbocycles. The van der Waals surface area contributed by atoms with Crippen molar-refractivity contribution in [1.29, 1.82) is 0 Å². The summed E-state index contributed by atoms with van der Waals surface area (Å²) in [6, 6.07) is 6.59. The Morgan fingerprint density at radius 1 is 1.09 bits per heavy atom. The predicted octanol–water partition coefficient (Wildman–Crippen LogP) is 2.11. The zero-order chi connectivity index (χ0) is 16.4. The highest BCUT2D eigenvalue weighted by molar-refractivity contribution is 6.02. The molecule has 0 aromatic heterocycles. The van der Waals surface area contributed by atoms with E-state index in [0.29, 0.717) is 12.1 Å². The Hall–Kier alpha value is -2.37. The molecular formula is C16H22N2O4. The largest absolute Gasteiger partial charge is 0.462 e. The molecule has 2 N–H and O–H groups in total. The average Bonchev–Trinajstić information content (AvgIpc) is 2.51. The van der Waals surface area contributed by atoms with Gasteiger partial charge in [-0.3, -0.25) is 9.59 Å². The third-order valence-electron chi connectivity index (χ3n) is 2.90. The molecule has 0 atom stereocenters. The minimum absolute atomic E-state index is 0.125. The Kier molecular flexibility index (Phi) is 7.67. The molecule has 1 aromatic rings. The first-order chi connectivity index (χ1) is 10.6. The van der Waals surface area contributed by atoms with Gasteiger partial charge in [0, 0.05) is 6.42 Å². The molecule has 6 nitrogen and oxygen atoms in total. The Labute approximate surface area is 130 Å². The predicted molar refractivity (Wildman–Crippen MR) is 83.6 cm³/mol. The van der Waals surface area contributed by atoms with Gasteiger partial charge in [0.05, 0.1) is 24.4 Å². The van der Waals surface area contributed by atoms with E-state index < -0.39 is 5.97 Å². The molecule has 0 heterocycles. The Morgan fingerprint density at radius 3 is 2.50 bits per heavy atom. The van der Waals surface area contributed by atoms with Crippen LogP contribution in [0.1, 0.15) is 43.5 Å². The molecule has 22 heavy (non-hydrogen) atoms. The molecule has 0 radical (unpaired) electrons. The molecule has 0 aliphatic carbocycles. The highest BCUT2D eigenvalue weighted by Crippen LogP contribution is 2.16. The summed E-state index contributed by atoms with van der Waals surface area (Å²) in [6.45, 7) is 3.84. The van der Waals surface area contributed by atoms with Gasteiger partial charge in [0.1, 0.15) is 0 Å². The molecule has 0 saturated heterocycles. The van der Waals surface area contributed by atoms with Gasteiger partial charge in [0.15, 0.2) is 0 Å². The second-order valence-electron chi connectivity index (χ2n) is 4.69. The zero-order valence-corrected chi connectivity index (χ0v) is 13.0. The second-order valence-corrected chi connectivity index (χ2v) is 4.69. The molecular weight excluding hydrogens is 284 g/mol. The van der Waals surface area contributed by atoms with Gasteiger partial charge in [-0.05, 0) is 25.5 Å². The van der Waals surface area contributed by atoms with E-state index >= 15 is 0 Å². The number of hydrogen-bond donors (Lipinski definition) is 2. The summed E-state index contributed by atoms with van der Waals surface area (Å²) < 4.78 is 4.93. The van der Waals surface area contributed by atoms with E-state index in [9.17, 15) is 14.4 Å². The van der Waals surface area contributed by atoms with Crippen LogP contribution in [-0.4, -0.2) is 30.9 Å². The maximum Gasteiger partial charge on any atom is 0.340 e. The number of hydrogen-bond acceptors (Lipinski definition) is 4. The lowest BCUT2D eigenvalue weighted by Gasteiger charge is -2.10. The molecule has 0 aliphatic rings. The first-order valence-electron chi connectivity index (χ1n) is 7.41. The maximum absolute atomic E-state index is 11.8. The molecule has 1 rings (SSSR count). The van der Waals surface area contributed by atoms with Crippen LogP contribution in [-0.2, 0) is 14.3 Å². The average molecular weight is 306 g/mol. The van der Waals surface area contributed by atoms with Crippen molar-refractivity contribution in [3.05, 3.63) is 29.8 Å². The third-order valence-corrected chi connectivity index (χ3v) is 2.90. The van der Waals surface area contributed by atoms with Crippen molar-refractivity contribution in [3.8, 4) is 0 Å². The molecule has 2 amide bonds. The molecule has 120 valence electrons. The van der Waals surface area contributed by atoms with Crippen molar-refractivity contribution in [3.63, 3.8) is 0 Å². The molecule has 0 aliphatic heterocycles. The van der Waals surface area contributed by atoms with Crippen LogP contribution in [0.4, 0.5) is 5.69 Å². The van der Waals surface area contributed by atoms with Crippen LogP contribution in [0.5, 0.6) is 0 Å². The van der Waals surface area contributed by atoms with Crippen LogP contribution in [0.25, 0.3) is 0 Å². The molecule has 1 aromatic carbocycles. The topological polar surface area (TPSA) is 84.5 Å². The van der Waals surface area contributed by atoms with Crippen molar-refractivity contribution in [2.24, 2.45) is 0 Å². The number of anilines is 1. The normalized spacial score (nSPS) is 9.91. The number of nitrogens with one attached hydrogen (secondary N) is 2. The zero-order valence-electron chi connectivity index (χ0n) is 13.0. The number of unbranched alkanes of at least 4 members (excludes halogenated alkanes) is 1. The summed E-state index contributed by atoms with van der Waals surface area (Å²) in [5.74, 6) is -1.04. The number of carbonyl (C=O) groups is 3. The Bertz CT molecular complexity index is 529. The highest BCUT2D eigenvalue weighted by Gasteiger charge is 2.14. The maximum atomic E-state index is 11.8. The van der Waals surface area contributed by atoms with Crippen molar-refractivity contribution < 1.29 is 19.1 Å². The summed E-state index contributed by atoms with van der Waals surface area (Å²) in [6.07, 6.45) is 2.12. The quantitative estimate of drug-likeness (QED) is 0.720. The minimum Gasteiger partial charge on any atom is -0.462 e. The first-order valence-corrected chi connectivity index (χ1v) is 7.41. The van der Waals surface area contributed by atoms with Gasteiger partial charge < -0.3 is 15.4 Å². The standard InChI is InChI=1S/C16H22N2O4/c1-3-5-10-14(19)17-11-15(20)18-13-9-7-6-8-12(13)16(21)22-4-2/h6-9H,3-5,10-11H2,1-2H3,(H,17,19)(H,18,20). The fourth-order valence-corrected chi connectivity index (χ4v) is 1.78. The summed E-state index contributed by atoms with van der Waals surface area (Å²) in [4.78, 5) is 35.1. The van der Waals surface area contributed by atoms with E-state index in [4.69, 9.17) is 4.74 Å². The van der Waals surface area contributed by atoms with Gasteiger partial charge in [0.25, 0.3) is 0 Å². The van der Waals surface area contributed by atoms with Crippen molar-refractivity contribution in [2.75, 3.05) is 18.5 Å². The summed E-state index contributed by atoms with van der Waals surface area (Å²) in [5.41, 5.74) is 0.656. The van der Waals surface area contributed by atoms with E-state index in [1.54, 1.807) is 31.2 Å². The van der Waals surface area contributed by atoms with E-state index in [-0.39, 0.29) is 30.5 Å². The lowest BCUT2D eigenvalue weighted by atomic mass is 10.2.